The highest BCUT2D eigenvalue weighted by Crippen LogP contribution is 2.24. The molecule has 0 amide bonds. The van der Waals surface area contributed by atoms with Crippen LogP contribution in [0.25, 0.3) is 0 Å². The first-order valence-corrected chi connectivity index (χ1v) is 6.24. The van der Waals surface area contributed by atoms with E-state index in [-0.39, 0.29) is 12.4 Å². The van der Waals surface area contributed by atoms with Gasteiger partial charge in [-0.3, -0.25) is 0 Å². The molecule has 1 N–H and O–H groups in total. The Balaban J connectivity index is 0.00000180. The van der Waals surface area contributed by atoms with Gasteiger partial charge in [0.15, 0.2) is 0 Å². The van der Waals surface area contributed by atoms with E-state index in [2.05, 4.69) is 17.4 Å². The lowest BCUT2D eigenvalue weighted by Gasteiger charge is -2.07. The third-order valence-corrected chi connectivity index (χ3v) is 3.01. The highest BCUT2D eigenvalue weighted by molar-refractivity contribution is 6.32. The molecule has 0 aliphatic carbocycles. The number of benzene rings is 2. The fraction of sp³-hybridized carbons (Fsp3) is 0.200. The van der Waals surface area contributed by atoms with Crippen molar-refractivity contribution in [2.75, 3.05) is 7.11 Å². The molecule has 4 heteroatoms. The standard InChI is InChI=1S/C15H16ClNO.ClH/c1-18-15-8-7-13(9-14(15)16)11-17-10-12-5-3-2-4-6-12;/h2-9,17H,10-11H2,1H3;1H. The van der Waals surface area contributed by atoms with Crippen molar-refractivity contribution in [2.45, 2.75) is 13.1 Å². The van der Waals surface area contributed by atoms with Gasteiger partial charge in [0.2, 0.25) is 0 Å². The maximum Gasteiger partial charge on any atom is 0.137 e. The van der Waals surface area contributed by atoms with Crippen molar-refractivity contribution in [3.63, 3.8) is 0 Å². The Labute approximate surface area is 125 Å². The molecule has 2 nitrogen and oxygen atoms in total. The first kappa shape index (κ1) is 15.8. The van der Waals surface area contributed by atoms with Crippen LogP contribution >= 0.6 is 24.0 Å². The lowest BCUT2D eigenvalue weighted by Crippen LogP contribution is -2.12. The van der Waals surface area contributed by atoms with Gasteiger partial charge in [-0.05, 0) is 23.3 Å². The second-order valence-corrected chi connectivity index (χ2v) is 4.47. The topological polar surface area (TPSA) is 21.3 Å². The van der Waals surface area contributed by atoms with Gasteiger partial charge >= 0.3 is 0 Å². The smallest absolute Gasteiger partial charge is 0.137 e. The Bertz CT molecular complexity index is 503. The van der Waals surface area contributed by atoms with Crippen LogP contribution in [0.15, 0.2) is 48.5 Å². The van der Waals surface area contributed by atoms with Crippen molar-refractivity contribution in [1.82, 2.24) is 5.32 Å². The van der Waals surface area contributed by atoms with E-state index in [1.165, 1.54) is 5.56 Å². The van der Waals surface area contributed by atoms with Crippen LogP contribution in [0.4, 0.5) is 0 Å². The summed E-state index contributed by atoms with van der Waals surface area (Å²) in [5, 5.41) is 4.03. The first-order chi connectivity index (χ1) is 8.79. The van der Waals surface area contributed by atoms with Crippen LogP contribution in [0.1, 0.15) is 11.1 Å². The summed E-state index contributed by atoms with van der Waals surface area (Å²) in [5.74, 6) is 0.712. The van der Waals surface area contributed by atoms with E-state index < -0.39 is 0 Å². The zero-order valence-corrected chi connectivity index (χ0v) is 12.3. The summed E-state index contributed by atoms with van der Waals surface area (Å²) in [6.45, 7) is 1.64. The van der Waals surface area contributed by atoms with Crippen molar-refractivity contribution in [3.8, 4) is 5.75 Å². The number of ether oxygens (including phenoxy) is 1. The number of hydrogen-bond acceptors (Lipinski definition) is 2. The molecule has 0 spiro atoms. The van der Waals surface area contributed by atoms with Gasteiger partial charge in [-0.15, -0.1) is 12.4 Å². The van der Waals surface area contributed by atoms with Gasteiger partial charge in [-0.25, -0.2) is 0 Å². The molecule has 102 valence electrons. The van der Waals surface area contributed by atoms with Gasteiger partial charge in [0.05, 0.1) is 12.1 Å². The van der Waals surface area contributed by atoms with Crippen LogP contribution in [0, 0.1) is 0 Å². The summed E-state index contributed by atoms with van der Waals surface area (Å²) in [4.78, 5) is 0. The SMILES string of the molecule is COc1ccc(CNCc2ccccc2)cc1Cl.Cl. The predicted molar refractivity (Wildman–Crippen MR) is 82.2 cm³/mol. The molecule has 0 saturated heterocycles. The quantitative estimate of drug-likeness (QED) is 0.898. The molecule has 2 aromatic carbocycles. The van der Waals surface area contributed by atoms with Crippen molar-refractivity contribution < 1.29 is 4.74 Å². The summed E-state index contributed by atoms with van der Waals surface area (Å²) in [7, 11) is 1.62. The third kappa shape index (κ3) is 4.75. The van der Waals surface area contributed by atoms with Crippen molar-refractivity contribution in [3.05, 3.63) is 64.7 Å². The van der Waals surface area contributed by atoms with Gasteiger partial charge in [0, 0.05) is 13.1 Å². The Morgan fingerprint density at radius 2 is 1.68 bits per heavy atom. The number of rotatable bonds is 5. The predicted octanol–water partition coefficient (Wildman–Crippen LogP) is 4.06. The molecule has 0 atom stereocenters. The van der Waals surface area contributed by atoms with E-state index in [0.29, 0.717) is 10.8 Å². The lowest BCUT2D eigenvalue weighted by molar-refractivity contribution is 0.415. The zero-order chi connectivity index (χ0) is 12.8. The second kappa shape index (κ2) is 8.05. The average molecular weight is 298 g/mol. The van der Waals surface area contributed by atoms with Crippen LogP contribution in [0.3, 0.4) is 0 Å². The average Bonchev–Trinajstić information content (AvgIpc) is 2.40. The maximum atomic E-state index is 6.07. The zero-order valence-electron chi connectivity index (χ0n) is 10.7. The fourth-order valence-electron chi connectivity index (χ4n) is 1.77. The molecule has 2 aromatic rings. The third-order valence-electron chi connectivity index (χ3n) is 2.72. The van der Waals surface area contributed by atoms with Gasteiger partial charge in [0.25, 0.3) is 0 Å². The lowest BCUT2D eigenvalue weighted by atomic mass is 10.2. The van der Waals surface area contributed by atoms with Crippen LogP contribution in [-0.4, -0.2) is 7.11 Å². The molecule has 0 bridgehead atoms. The molecule has 0 heterocycles. The molecule has 0 aliphatic rings. The summed E-state index contributed by atoms with van der Waals surface area (Å²) < 4.78 is 5.12. The summed E-state index contributed by atoms with van der Waals surface area (Å²) >= 11 is 6.07. The van der Waals surface area contributed by atoms with Crippen LogP contribution in [0.5, 0.6) is 5.75 Å². The largest absolute Gasteiger partial charge is 0.495 e. The van der Waals surface area contributed by atoms with Gasteiger partial charge in [-0.1, -0.05) is 48.0 Å². The number of hydrogen-bond donors (Lipinski definition) is 1. The molecule has 0 fully saturated rings. The highest BCUT2D eigenvalue weighted by Gasteiger charge is 2.01. The number of methoxy groups -OCH3 is 1. The Hall–Kier alpha value is -1.22. The number of nitrogens with one attached hydrogen (secondary N) is 1. The van der Waals surface area contributed by atoms with E-state index in [1.54, 1.807) is 7.11 Å². The van der Waals surface area contributed by atoms with Crippen LogP contribution < -0.4 is 10.1 Å². The molecule has 0 saturated carbocycles. The Kier molecular flexibility index (Phi) is 6.71. The highest BCUT2D eigenvalue weighted by atomic mass is 35.5. The molecule has 0 aliphatic heterocycles. The minimum Gasteiger partial charge on any atom is -0.495 e. The van der Waals surface area contributed by atoms with E-state index in [9.17, 15) is 0 Å². The van der Waals surface area contributed by atoms with Crippen LogP contribution in [0.2, 0.25) is 5.02 Å². The van der Waals surface area contributed by atoms with E-state index >= 15 is 0 Å². The second-order valence-electron chi connectivity index (χ2n) is 4.06. The minimum absolute atomic E-state index is 0. The van der Waals surface area contributed by atoms with Crippen molar-refractivity contribution in [2.24, 2.45) is 0 Å². The molecular weight excluding hydrogens is 281 g/mol. The van der Waals surface area contributed by atoms with Gasteiger partial charge in [-0.2, -0.15) is 0 Å². The molecular formula is C15H17Cl2NO. The fourth-order valence-corrected chi connectivity index (χ4v) is 2.05. The van der Waals surface area contributed by atoms with Crippen molar-refractivity contribution in [1.29, 1.82) is 0 Å². The summed E-state index contributed by atoms with van der Waals surface area (Å²) in [5.41, 5.74) is 2.42. The minimum atomic E-state index is 0. The van der Waals surface area contributed by atoms with Gasteiger partial charge < -0.3 is 10.1 Å². The monoisotopic (exact) mass is 297 g/mol. The first-order valence-electron chi connectivity index (χ1n) is 5.86. The molecule has 2 rings (SSSR count). The molecule has 0 unspecified atom stereocenters. The van der Waals surface area contributed by atoms with E-state index in [0.717, 1.165) is 18.7 Å². The van der Waals surface area contributed by atoms with Gasteiger partial charge in [0.1, 0.15) is 5.75 Å². The number of halogens is 2. The molecule has 19 heavy (non-hydrogen) atoms. The molecule has 0 radical (unpaired) electrons. The van der Waals surface area contributed by atoms with E-state index in [1.807, 2.05) is 36.4 Å². The van der Waals surface area contributed by atoms with E-state index in [4.69, 9.17) is 16.3 Å². The Morgan fingerprint density at radius 3 is 2.32 bits per heavy atom. The summed E-state index contributed by atoms with van der Waals surface area (Å²) in [6.07, 6.45) is 0. The molecule has 0 aromatic heterocycles. The normalized spacial score (nSPS) is 9.79. The maximum absolute atomic E-state index is 6.07. The van der Waals surface area contributed by atoms with Crippen molar-refractivity contribution >= 4 is 24.0 Å². The summed E-state index contributed by atoms with van der Waals surface area (Å²) in [6, 6.07) is 16.2. The van der Waals surface area contributed by atoms with Crippen LogP contribution in [-0.2, 0) is 13.1 Å². The Morgan fingerprint density at radius 1 is 1.00 bits per heavy atom.